The van der Waals surface area contributed by atoms with Gasteiger partial charge in [0, 0.05) is 6.42 Å². The van der Waals surface area contributed by atoms with Gasteiger partial charge in [0.2, 0.25) is 5.91 Å². The maximum absolute atomic E-state index is 12.9. The van der Waals surface area contributed by atoms with Crippen molar-refractivity contribution in [3.8, 4) is 0 Å². The quantitative estimate of drug-likeness (QED) is 0.0243. The minimum atomic E-state index is -4.34. The first-order valence-electron chi connectivity index (χ1n) is 27.5. The normalized spacial score (nSPS) is 14.7. The van der Waals surface area contributed by atoms with Crippen molar-refractivity contribution in [2.75, 3.05) is 40.9 Å². The van der Waals surface area contributed by atoms with E-state index in [2.05, 4.69) is 92.1 Å². The van der Waals surface area contributed by atoms with Crippen molar-refractivity contribution < 1.29 is 32.9 Å². The molecule has 3 unspecified atom stereocenters. The van der Waals surface area contributed by atoms with Crippen LogP contribution in [0.2, 0.25) is 0 Å². The molecule has 0 aromatic heterocycles. The average molecular weight is 958 g/mol. The summed E-state index contributed by atoms with van der Waals surface area (Å²) in [7, 11) is 1.57. The second-order valence-electron chi connectivity index (χ2n) is 19.6. The number of carbonyl (C=O) groups excluding carboxylic acids is 1. The summed E-state index contributed by atoms with van der Waals surface area (Å²) in [5.41, 5.74) is 0. The number of carbonyl (C=O) groups is 1. The molecule has 0 saturated carbocycles. The van der Waals surface area contributed by atoms with Crippen molar-refractivity contribution in [1.29, 1.82) is 0 Å². The number of nitrogens with one attached hydrogen (secondary N) is 1. The lowest BCUT2D eigenvalue weighted by atomic mass is 10.0. The fourth-order valence-corrected chi connectivity index (χ4v) is 8.31. The average Bonchev–Trinajstić information content (AvgIpc) is 3.29. The van der Waals surface area contributed by atoms with Crippen LogP contribution in [0.5, 0.6) is 0 Å². The molecule has 1 amide bonds. The summed E-state index contributed by atoms with van der Waals surface area (Å²) < 4.78 is 23.6. The number of quaternary nitrogens is 1. The number of hydrogen-bond acceptors (Lipinski definition) is 5. The van der Waals surface area contributed by atoms with Crippen LogP contribution >= 0.6 is 7.82 Å². The summed E-state index contributed by atoms with van der Waals surface area (Å²) >= 11 is 0. The smallest absolute Gasteiger partial charge is 0.387 e. The minimum Gasteiger partial charge on any atom is -0.387 e. The van der Waals surface area contributed by atoms with Crippen molar-refractivity contribution in [3.05, 3.63) is 85.1 Å². The first kappa shape index (κ1) is 64.7. The summed E-state index contributed by atoms with van der Waals surface area (Å²) in [5, 5.41) is 13.8. The molecule has 0 aliphatic carbocycles. The summed E-state index contributed by atoms with van der Waals surface area (Å²) in [6.45, 7) is 4.67. The Hall–Kier alpha value is -2.32. The third-order valence-electron chi connectivity index (χ3n) is 11.9. The molecule has 0 aromatic carbocycles. The van der Waals surface area contributed by atoms with Crippen LogP contribution in [0.15, 0.2) is 85.1 Å². The maximum atomic E-state index is 12.9. The Kier molecular flexibility index (Phi) is 47.0. The number of hydrogen-bond donors (Lipinski definition) is 3. The number of phosphoric acid groups is 1. The molecule has 0 aliphatic rings. The molecular formula is C58H106N2O6P+. The van der Waals surface area contributed by atoms with Crippen LogP contribution in [0.25, 0.3) is 0 Å². The zero-order valence-electron chi connectivity index (χ0n) is 44.1. The molecule has 0 heterocycles. The Balaban J connectivity index is 3.99. The van der Waals surface area contributed by atoms with Crippen LogP contribution in [0.3, 0.4) is 0 Å². The highest BCUT2D eigenvalue weighted by Crippen LogP contribution is 2.43. The molecular weight excluding hydrogens is 852 g/mol. The maximum Gasteiger partial charge on any atom is 0.472 e. The highest BCUT2D eigenvalue weighted by atomic mass is 31.2. The lowest BCUT2D eigenvalue weighted by molar-refractivity contribution is -0.870. The Morgan fingerprint density at radius 1 is 0.522 bits per heavy atom. The first-order chi connectivity index (χ1) is 32.5. The Morgan fingerprint density at radius 2 is 0.896 bits per heavy atom. The molecule has 0 fully saturated rings. The molecule has 9 heteroatoms. The monoisotopic (exact) mass is 958 g/mol. The minimum absolute atomic E-state index is 0.0594. The number of aliphatic hydroxyl groups is 1. The van der Waals surface area contributed by atoms with Gasteiger partial charge in [-0.3, -0.25) is 13.8 Å². The second kappa shape index (κ2) is 48.7. The molecule has 67 heavy (non-hydrogen) atoms. The van der Waals surface area contributed by atoms with E-state index in [-0.39, 0.29) is 19.1 Å². The number of allylic oxidation sites excluding steroid dienone is 13. The van der Waals surface area contributed by atoms with Gasteiger partial charge in [-0.05, 0) is 70.6 Å². The van der Waals surface area contributed by atoms with E-state index in [1.54, 1.807) is 6.08 Å². The summed E-state index contributed by atoms with van der Waals surface area (Å²) in [4.78, 5) is 23.2. The molecule has 0 rings (SSSR count). The van der Waals surface area contributed by atoms with Crippen molar-refractivity contribution in [3.63, 3.8) is 0 Å². The van der Waals surface area contributed by atoms with E-state index in [4.69, 9.17) is 9.05 Å². The van der Waals surface area contributed by atoms with Gasteiger partial charge in [-0.25, -0.2) is 4.57 Å². The molecule has 388 valence electrons. The Bertz CT molecular complexity index is 1360. The summed E-state index contributed by atoms with van der Waals surface area (Å²) in [5.74, 6) is -0.181. The molecule has 0 saturated heterocycles. The zero-order valence-corrected chi connectivity index (χ0v) is 45.0. The predicted octanol–water partition coefficient (Wildman–Crippen LogP) is 16.5. The Labute approximate surface area is 414 Å². The lowest BCUT2D eigenvalue weighted by Crippen LogP contribution is -2.45. The van der Waals surface area contributed by atoms with Crippen LogP contribution in [0, 0.1) is 0 Å². The number of amides is 1. The van der Waals surface area contributed by atoms with E-state index in [0.717, 1.165) is 77.0 Å². The third-order valence-corrected chi connectivity index (χ3v) is 12.9. The van der Waals surface area contributed by atoms with E-state index in [0.29, 0.717) is 17.4 Å². The van der Waals surface area contributed by atoms with Gasteiger partial charge in [-0.2, -0.15) is 0 Å². The number of nitrogens with zero attached hydrogens (tertiary/aromatic N) is 1. The SMILES string of the molecule is CC/C=C\C/C=C\C/C=C\C/C=C\C/C=C\C/C=C\CCCCCCCCCCCCCCCCCCC(=O)NC(COP(=O)(O)OCC[N+](C)(C)C)C(O)/C=C/CCCCCCCCCC. The molecule has 8 nitrogen and oxygen atoms in total. The van der Waals surface area contributed by atoms with Gasteiger partial charge in [0.1, 0.15) is 13.2 Å². The predicted molar refractivity (Wildman–Crippen MR) is 290 cm³/mol. The molecule has 3 atom stereocenters. The van der Waals surface area contributed by atoms with E-state index < -0.39 is 20.0 Å². The first-order valence-corrected chi connectivity index (χ1v) is 29.0. The van der Waals surface area contributed by atoms with Crippen molar-refractivity contribution in [2.24, 2.45) is 0 Å². The van der Waals surface area contributed by atoms with E-state index >= 15 is 0 Å². The number of unbranched alkanes of at least 4 members (excludes halogenated alkanes) is 24. The van der Waals surface area contributed by atoms with Crippen LogP contribution in [-0.4, -0.2) is 73.4 Å². The highest BCUT2D eigenvalue weighted by Gasteiger charge is 2.27. The van der Waals surface area contributed by atoms with Crippen molar-refractivity contribution in [1.82, 2.24) is 5.32 Å². The van der Waals surface area contributed by atoms with Gasteiger partial charge in [-0.15, -0.1) is 0 Å². The fourth-order valence-electron chi connectivity index (χ4n) is 7.57. The largest absolute Gasteiger partial charge is 0.472 e. The topological polar surface area (TPSA) is 105 Å². The van der Waals surface area contributed by atoms with E-state index in [1.165, 1.54) is 128 Å². The van der Waals surface area contributed by atoms with Crippen molar-refractivity contribution in [2.45, 2.75) is 238 Å². The number of aliphatic hydroxyl groups excluding tert-OH is 1. The number of phosphoric ester groups is 1. The molecule has 0 aromatic rings. The van der Waals surface area contributed by atoms with Crippen LogP contribution in [0.4, 0.5) is 0 Å². The second-order valence-corrected chi connectivity index (χ2v) is 21.0. The van der Waals surface area contributed by atoms with Gasteiger partial charge >= 0.3 is 7.82 Å². The third kappa shape index (κ3) is 51.4. The summed E-state index contributed by atoms with van der Waals surface area (Å²) in [6.07, 6.45) is 68.3. The molecule has 0 radical (unpaired) electrons. The molecule has 3 N–H and O–H groups in total. The van der Waals surface area contributed by atoms with Crippen LogP contribution < -0.4 is 5.32 Å². The van der Waals surface area contributed by atoms with Gasteiger partial charge < -0.3 is 19.8 Å². The molecule has 0 spiro atoms. The zero-order chi connectivity index (χ0) is 49.2. The van der Waals surface area contributed by atoms with Crippen LogP contribution in [-0.2, 0) is 18.4 Å². The lowest BCUT2D eigenvalue weighted by Gasteiger charge is -2.25. The van der Waals surface area contributed by atoms with Crippen molar-refractivity contribution >= 4 is 13.7 Å². The van der Waals surface area contributed by atoms with Crippen LogP contribution in [0.1, 0.15) is 226 Å². The Morgan fingerprint density at radius 3 is 1.31 bits per heavy atom. The van der Waals surface area contributed by atoms with Gasteiger partial charge in [0.05, 0.1) is 39.9 Å². The highest BCUT2D eigenvalue weighted by molar-refractivity contribution is 7.47. The van der Waals surface area contributed by atoms with E-state index in [9.17, 15) is 19.4 Å². The molecule has 0 bridgehead atoms. The fraction of sp³-hybridized carbons (Fsp3) is 0.741. The van der Waals surface area contributed by atoms with E-state index in [1.807, 2.05) is 27.2 Å². The summed E-state index contributed by atoms with van der Waals surface area (Å²) in [6, 6.07) is -0.847. The van der Waals surface area contributed by atoms with Gasteiger partial charge in [-0.1, -0.05) is 234 Å². The number of likely N-dealkylation sites (N-methyl/N-ethyl adjacent to an activating group) is 1. The standard InChI is InChI=1S/C58H105N2O6P/c1-6-8-10-12-14-16-18-19-20-21-22-23-24-25-26-27-28-29-30-31-32-33-34-35-36-37-38-39-40-41-42-44-46-48-50-52-58(62)59-56(55-66-67(63,64)65-54-53-60(3,4)5)57(61)51-49-47-45-43-17-15-13-11-9-7-2/h8,10,14,16,19-20,22-23,25-26,28-29,49,51,56-57,61H,6-7,9,11-13,15,17-18,21,24,27,30-48,50,52-55H2,1-5H3,(H-,59,62,63,64)/p+1/b10-8-,16-14-,20-19-,23-22-,26-25-,29-28-,51-49+. The number of rotatable bonds is 49. The van der Waals surface area contributed by atoms with Gasteiger partial charge in [0.25, 0.3) is 0 Å². The van der Waals surface area contributed by atoms with Gasteiger partial charge in [0.15, 0.2) is 0 Å². The molecule has 0 aliphatic heterocycles.